The lowest BCUT2D eigenvalue weighted by Crippen LogP contribution is -2.17. The molecular formula is C16H10F3N2O2. The normalized spacial score (nSPS) is 11.2. The molecule has 0 amide bonds. The third-order valence-electron chi connectivity index (χ3n) is 2.67. The Balaban J connectivity index is 1.89. The Morgan fingerprint density at radius 3 is 2.26 bits per heavy atom. The Morgan fingerprint density at radius 2 is 1.65 bits per heavy atom. The molecular weight excluding hydrogens is 309 g/mol. The van der Waals surface area contributed by atoms with E-state index in [0.29, 0.717) is 16.7 Å². The molecule has 23 heavy (non-hydrogen) atoms. The molecule has 0 fully saturated rings. The van der Waals surface area contributed by atoms with Gasteiger partial charge in [0, 0.05) is 5.56 Å². The number of alkyl halides is 3. The zero-order valence-electron chi connectivity index (χ0n) is 11.7. The van der Waals surface area contributed by atoms with Crippen molar-refractivity contribution in [3.8, 4) is 11.8 Å². The van der Waals surface area contributed by atoms with Gasteiger partial charge in [0.05, 0.1) is 11.6 Å². The monoisotopic (exact) mass is 319 g/mol. The van der Waals surface area contributed by atoms with Crippen LogP contribution < -0.4 is 4.74 Å². The average Bonchev–Trinajstić information content (AvgIpc) is 2.52. The number of hydrogen-bond donors (Lipinski definition) is 0. The second-order valence-electron chi connectivity index (χ2n) is 4.33. The predicted octanol–water partition coefficient (Wildman–Crippen LogP) is 3.88. The van der Waals surface area contributed by atoms with Gasteiger partial charge in [-0.1, -0.05) is 35.5 Å². The number of rotatable bonds is 5. The molecule has 0 unspecified atom stereocenters. The van der Waals surface area contributed by atoms with Gasteiger partial charge >= 0.3 is 6.36 Å². The molecule has 0 N–H and O–H groups in total. The van der Waals surface area contributed by atoms with Gasteiger partial charge in [-0.05, 0) is 23.8 Å². The highest BCUT2D eigenvalue weighted by Crippen LogP contribution is 2.22. The second-order valence-corrected chi connectivity index (χ2v) is 4.33. The zero-order chi connectivity index (χ0) is 16.7. The van der Waals surface area contributed by atoms with Crippen molar-refractivity contribution >= 4 is 6.21 Å². The van der Waals surface area contributed by atoms with Gasteiger partial charge in [-0.2, -0.15) is 5.26 Å². The number of ether oxygens (including phenoxy) is 1. The van der Waals surface area contributed by atoms with Gasteiger partial charge in [-0.3, -0.25) is 0 Å². The van der Waals surface area contributed by atoms with Gasteiger partial charge in [0.15, 0.2) is 0 Å². The molecule has 0 aliphatic heterocycles. The lowest BCUT2D eigenvalue weighted by molar-refractivity contribution is -0.274. The molecule has 2 rings (SSSR count). The van der Waals surface area contributed by atoms with Crippen LogP contribution in [0.2, 0.25) is 0 Å². The molecule has 0 bridgehead atoms. The Bertz CT molecular complexity index is 719. The van der Waals surface area contributed by atoms with Crippen LogP contribution in [-0.4, -0.2) is 12.6 Å². The van der Waals surface area contributed by atoms with E-state index in [9.17, 15) is 13.2 Å². The van der Waals surface area contributed by atoms with E-state index in [1.807, 2.05) is 6.07 Å². The van der Waals surface area contributed by atoms with Crippen molar-refractivity contribution in [3.63, 3.8) is 0 Å². The summed E-state index contributed by atoms with van der Waals surface area (Å²) in [4.78, 5) is 5.01. The summed E-state index contributed by atoms with van der Waals surface area (Å²) in [5.41, 5.74) is 1.51. The predicted molar refractivity (Wildman–Crippen MR) is 75.6 cm³/mol. The summed E-state index contributed by atoms with van der Waals surface area (Å²) in [6.45, 7) is 0.0496. The number of hydrogen-bond acceptors (Lipinski definition) is 4. The summed E-state index contributed by atoms with van der Waals surface area (Å²) in [6, 6.07) is 14.0. The van der Waals surface area contributed by atoms with Gasteiger partial charge in [0.25, 0.3) is 0 Å². The highest BCUT2D eigenvalue weighted by molar-refractivity contribution is 5.82. The molecule has 2 aromatic rings. The Morgan fingerprint density at radius 1 is 1.00 bits per heavy atom. The summed E-state index contributed by atoms with van der Waals surface area (Å²) in [5, 5.41) is 12.5. The van der Waals surface area contributed by atoms with Crippen LogP contribution in [0.25, 0.3) is 0 Å². The first-order valence-electron chi connectivity index (χ1n) is 6.40. The fourth-order valence-corrected chi connectivity index (χ4v) is 1.65. The molecule has 0 spiro atoms. The van der Waals surface area contributed by atoms with Crippen molar-refractivity contribution < 1.29 is 22.7 Å². The van der Waals surface area contributed by atoms with Crippen LogP contribution in [0.15, 0.2) is 53.7 Å². The minimum absolute atomic E-state index is 0.0496. The topological polar surface area (TPSA) is 54.6 Å². The van der Waals surface area contributed by atoms with Crippen LogP contribution in [-0.2, 0) is 11.4 Å². The minimum atomic E-state index is -4.72. The molecule has 0 saturated carbocycles. The molecule has 0 aromatic heterocycles. The summed E-state index contributed by atoms with van der Waals surface area (Å²) in [7, 11) is 0. The van der Waals surface area contributed by atoms with E-state index in [2.05, 4.69) is 16.1 Å². The molecule has 117 valence electrons. The van der Waals surface area contributed by atoms with E-state index in [1.54, 1.807) is 24.3 Å². The van der Waals surface area contributed by atoms with Crippen molar-refractivity contribution in [1.29, 1.82) is 5.26 Å². The molecule has 0 atom stereocenters. The Labute approximate surface area is 130 Å². The van der Waals surface area contributed by atoms with Crippen molar-refractivity contribution in [2.45, 2.75) is 13.0 Å². The van der Waals surface area contributed by atoms with Gasteiger partial charge in [-0.15, -0.1) is 13.2 Å². The zero-order valence-corrected chi connectivity index (χ0v) is 11.7. The first kappa shape index (κ1) is 16.4. The van der Waals surface area contributed by atoms with Crippen molar-refractivity contribution in [2.75, 3.05) is 0 Å². The van der Waals surface area contributed by atoms with Crippen LogP contribution in [0.3, 0.4) is 0 Å². The molecule has 0 aliphatic carbocycles. The summed E-state index contributed by atoms with van der Waals surface area (Å²) in [6.07, 6.45) is -2.13. The molecule has 1 radical (unpaired) electrons. The van der Waals surface area contributed by atoms with Crippen LogP contribution in [0, 0.1) is 11.3 Å². The third kappa shape index (κ3) is 5.36. The molecule has 2 aromatic carbocycles. The van der Waals surface area contributed by atoms with Crippen molar-refractivity contribution in [3.05, 3.63) is 65.2 Å². The maximum atomic E-state index is 12.0. The van der Waals surface area contributed by atoms with E-state index in [4.69, 9.17) is 10.1 Å². The van der Waals surface area contributed by atoms with Crippen LogP contribution in [0.1, 0.15) is 16.7 Å². The highest BCUT2D eigenvalue weighted by atomic mass is 19.4. The lowest BCUT2D eigenvalue weighted by atomic mass is 10.1. The lowest BCUT2D eigenvalue weighted by Gasteiger charge is -2.08. The second kappa shape index (κ2) is 7.31. The summed E-state index contributed by atoms with van der Waals surface area (Å²) < 4.78 is 39.8. The third-order valence-corrected chi connectivity index (χ3v) is 2.67. The van der Waals surface area contributed by atoms with E-state index in [0.717, 1.165) is 0 Å². The average molecular weight is 319 g/mol. The van der Waals surface area contributed by atoms with Crippen LogP contribution >= 0.6 is 0 Å². The van der Waals surface area contributed by atoms with Gasteiger partial charge in [-0.25, -0.2) is 0 Å². The largest absolute Gasteiger partial charge is 0.573 e. The molecule has 0 heterocycles. The Hall–Kier alpha value is -3.01. The number of halogens is 3. The maximum absolute atomic E-state index is 12.0. The van der Waals surface area contributed by atoms with Crippen molar-refractivity contribution in [1.82, 2.24) is 0 Å². The van der Waals surface area contributed by atoms with Gasteiger partial charge in [0.2, 0.25) is 0 Å². The van der Waals surface area contributed by atoms with Crippen LogP contribution in [0.4, 0.5) is 13.2 Å². The molecule has 0 saturated heterocycles. The summed E-state index contributed by atoms with van der Waals surface area (Å²) >= 11 is 0. The van der Waals surface area contributed by atoms with E-state index < -0.39 is 6.36 Å². The van der Waals surface area contributed by atoms with E-state index in [-0.39, 0.29) is 12.4 Å². The first-order valence-corrected chi connectivity index (χ1v) is 6.40. The highest BCUT2D eigenvalue weighted by Gasteiger charge is 2.30. The summed E-state index contributed by atoms with van der Waals surface area (Å²) in [5.74, 6) is -0.306. The first-order chi connectivity index (χ1) is 11.0. The number of nitriles is 1. The fraction of sp³-hybridized carbons (Fsp3) is 0.125. The minimum Gasteiger partial charge on any atom is -0.406 e. The smallest absolute Gasteiger partial charge is 0.406 e. The number of benzene rings is 2. The number of nitrogens with zero attached hydrogens (tertiary/aromatic N) is 2. The van der Waals surface area contributed by atoms with E-state index in [1.165, 1.54) is 24.3 Å². The molecule has 4 nitrogen and oxygen atoms in total. The van der Waals surface area contributed by atoms with Gasteiger partial charge < -0.3 is 9.57 Å². The maximum Gasteiger partial charge on any atom is 0.573 e. The van der Waals surface area contributed by atoms with Gasteiger partial charge in [0.1, 0.15) is 18.6 Å². The SMILES string of the molecule is N#Cc1ccccc1/[C]=N\OCc1ccc(OC(F)(F)F)cc1. The standard InChI is InChI=1S/C16H10F3N2O2/c17-16(18,19)23-15-7-5-12(6-8-15)11-22-21-10-14-4-2-1-3-13(14)9-20/h1-8H,11H2. The Kier molecular flexibility index (Phi) is 5.20. The van der Waals surface area contributed by atoms with Crippen LogP contribution in [0.5, 0.6) is 5.75 Å². The van der Waals surface area contributed by atoms with Crippen molar-refractivity contribution in [2.24, 2.45) is 5.16 Å². The molecule has 0 aliphatic rings. The quantitative estimate of drug-likeness (QED) is 0.621. The fourth-order valence-electron chi connectivity index (χ4n) is 1.65. The van der Waals surface area contributed by atoms with E-state index >= 15 is 0 Å². The molecule has 7 heteroatoms.